The van der Waals surface area contributed by atoms with Gasteiger partial charge in [-0.2, -0.15) is 0 Å². The molecule has 0 saturated carbocycles. The molecular weight excluding hydrogens is 246 g/mol. The number of unbranched alkanes of at least 4 members (excludes halogenated alkanes) is 5. The Morgan fingerprint density at radius 2 is 1.63 bits per heavy atom. The molecule has 0 aromatic heterocycles. The molecule has 5 heteroatoms. The predicted octanol–water partition coefficient (Wildman–Crippen LogP) is 2.10. The number of carbonyl (C=O) groups excluding carboxylic acids is 1. The highest BCUT2D eigenvalue weighted by atomic mass is 16.5. The summed E-state index contributed by atoms with van der Waals surface area (Å²) in [6.07, 6.45) is 7.43. The van der Waals surface area contributed by atoms with E-state index < -0.39 is 5.97 Å². The van der Waals surface area contributed by atoms with Gasteiger partial charge >= 0.3 is 11.9 Å². The van der Waals surface area contributed by atoms with Gasteiger partial charge in [-0.15, -0.1) is 0 Å². The molecule has 0 spiro atoms. The van der Waals surface area contributed by atoms with E-state index in [1.165, 1.54) is 0 Å². The standard InChI is InChI=1S/C14H25NO4/c16-13(17)7-5-3-1-2-4-6-8-14(18)19-10-9-12-11-15-12/h12,15H,1-11H2,(H,16,17). The van der Waals surface area contributed by atoms with Crippen LogP contribution in [0, 0.1) is 0 Å². The zero-order valence-electron chi connectivity index (χ0n) is 11.5. The Hall–Kier alpha value is -1.10. The van der Waals surface area contributed by atoms with E-state index in [1.54, 1.807) is 0 Å². The van der Waals surface area contributed by atoms with Gasteiger partial charge in [-0.05, 0) is 19.3 Å². The van der Waals surface area contributed by atoms with Crippen LogP contribution in [0.1, 0.15) is 57.8 Å². The molecule has 2 N–H and O–H groups in total. The van der Waals surface area contributed by atoms with Crippen LogP contribution >= 0.6 is 0 Å². The van der Waals surface area contributed by atoms with Crippen molar-refractivity contribution >= 4 is 11.9 Å². The molecule has 1 heterocycles. The molecule has 19 heavy (non-hydrogen) atoms. The van der Waals surface area contributed by atoms with Crippen LogP contribution in [0.15, 0.2) is 0 Å². The van der Waals surface area contributed by atoms with E-state index in [0.29, 0.717) is 19.1 Å². The monoisotopic (exact) mass is 271 g/mol. The van der Waals surface area contributed by atoms with E-state index in [4.69, 9.17) is 9.84 Å². The van der Waals surface area contributed by atoms with Gasteiger partial charge in [0, 0.05) is 25.4 Å². The Labute approximate surface area is 114 Å². The van der Waals surface area contributed by atoms with Gasteiger partial charge in [-0.1, -0.05) is 25.7 Å². The second kappa shape index (κ2) is 9.78. The van der Waals surface area contributed by atoms with Crippen molar-refractivity contribution in [1.29, 1.82) is 0 Å². The van der Waals surface area contributed by atoms with E-state index in [2.05, 4.69) is 5.32 Å². The van der Waals surface area contributed by atoms with Crippen molar-refractivity contribution in [2.45, 2.75) is 63.8 Å². The molecule has 0 aromatic rings. The molecule has 1 unspecified atom stereocenters. The first-order chi connectivity index (χ1) is 9.18. The molecule has 0 radical (unpaired) electrons. The summed E-state index contributed by atoms with van der Waals surface area (Å²) in [5, 5.41) is 11.6. The van der Waals surface area contributed by atoms with Crippen molar-refractivity contribution in [2.24, 2.45) is 0 Å². The fourth-order valence-electron chi connectivity index (χ4n) is 1.93. The third kappa shape index (κ3) is 10.5. The summed E-state index contributed by atoms with van der Waals surface area (Å²) in [4.78, 5) is 21.6. The van der Waals surface area contributed by atoms with Gasteiger partial charge < -0.3 is 15.2 Å². The highest BCUT2D eigenvalue weighted by Crippen LogP contribution is 2.09. The molecule has 1 aliphatic rings. The Bertz CT molecular complexity index is 277. The summed E-state index contributed by atoms with van der Waals surface area (Å²) in [5.74, 6) is -0.810. The van der Waals surface area contributed by atoms with Gasteiger partial charge in [-0.25, -0.2) is 0 Å². The number of carbonyl (C=O) groups is 2. The summed E-state index contributed by atoms with van der Waals surface area (Å²) < 4.78 is 5.12. The predicted molar refractivity (Wildman–Crippen MR) is 71.9 cm³/mol. The SMILES string of the molecule is O=C(O)CCCCCCCCC(=O)OCCC1CN1. The number of hydrogen-bond donors (Lipinski definition) is 2. The van der Waals surface area contributed by atoms with Crippen molar-refractivity contribution in [2.75, 3.05) is 13.2 Å². The van der Waals surface area contributed by atoms with Gasteiger partial charge in [0.15, 0.2) is 0 Å². The minimum atomic E-state index is -0.718. The quantitative estimate of drug-likeness (QED) is 0.322. The Morgan fingerprint density at radius 1 is 1.05 bits per heavy atom. The number of ether oxygens (including phenoxy) is 1. The largest absolute Gasteiger partial charge is 0.481 e. The number of esters is 1. The maximum absolute atomic E-state index is 11.3. The van der Waals surface area contributed by atoms with Gasteiger partial charge in [0.1, 0.15) is 0 Å². The van der Waals surface area contributed by atoms with E-state index in [1.807, 2.05) is 0 Å². The molecule has 1 saturated heterocycles. The van der Waals surface area contributed by atoms with Crippen molar-refractivity contribution in [3.63, 3.8) is 0 Å². The molecule has 5 nitrogen and oxygen atoms in total. The Balaban J connectivity index is 1.76. The second-order valence-electron chi connectivity index (χ2n) is 5.13. The second-order valence-corrected chi connectivity index (χ2v) is 5.13. The number of carboxylic acids is 1. The Morgan fingerprint density at radius 3 is 2.21 bits per heavy atom. The van der Waals surface area contributed by atoms with E-state index in [-0.39, 0.29) is 12.4 Å². The minimum Gasteiger partial charge on any atom is -0.481 e. The molecule has 0 amide bonds. The van der Waals surface area contributed by atoms with Gasteiger partial charge in [0.05, 0.1) is 6.61 Å². The highest BCUT2D eigenvalue weighted by Gasteiger charge is 2.19. The Kier molecular flexibility index (Phi) is 8.21. The van der Waals surface area contributed by atoms with Gasteiger partial charge in [0.25, 0.3) is 0 Å². The normalized spacial score (nSPS) is 17.2. The van der Waals surface area contributed by atoms with Crippen LogP contribution in [0.25, 0.3) is 0 Å². The van der Waals surface area contributed by atoms with Crippen LogP contribution in [-0.4, -0.2) is 36.2 Å². The van der Waals surface area contributed by atoms with Crippen LogP contribution in [0.5, 0.6) is 0 Å². The first kappa shape index (κ1) is 16.0. The fourth-order valence-corrected chi connectivity index (χ4v) is 1.93. The summed E-state index contributed by atoms with van der Waals surface area (Å²) in [7, 11) is 0. The maximum Gasteiger partial charge on any atom is 0.305 e. The number of nitrogens with one attached hydrogen (secondary N) is 1. The molecular formula is C14H25NO4. The van der Waals surface area contributed by atoms with Crippen molar-refractivity contribution in [1.82, 2.24) is 5.32 Å². The average Bonchev–Trinajstić information content (AvgIpc) is 3.16. The zero-order valence-corrected chi connectivity index (χ0v) is 11.5. The number of rotatable bonds is 12. The lowest BCUT2D eigenvalue weighted by Crippen LogP contribution is -2.08. The fraction of sp³-hybridized carbons (Fsp3) is 0.857. The molecule has 1 aliphatic heterocycles. The smallest absolute Gasteiger partial charge is 0.305 e. The highest BCUT2D eigenvalue weighted by molar-refractivity contribution is 5.69. The van der Waals surface area contributed by atoms with Crippen LogP contribution in [0.2, 0.25) is 0 Å². The third-order valence-electron chi connectivity index (χ3n) is 3.24. The van der Waals surface area contributed by atoms with E-state index in [9.17, 15) is 9.59 Å². The van der Waals surface area contributed by atoms with E-state index in [0.717, 1.165) is 51.5 Å². The molecule has 0 aliphatic carbocycles. The van der Waals surface area contributed by atoms with Crippen LogP contribution in [0.4, 0.5) is 0 Å². The number of aliphatic carboxylic acids is 1. The van der Waals surface area contributed by atoms with Crippen molar-refractivity contribution in [3.05, 3.63) is 0 Å². The van der Waals surface area contributed by atoms with Crippen LogP contribution < -0.4 is 5.32 Å². The topological polar surface area (TPSA) is 85.5 Å². The van der Waals surface area contributed by atoms with Crippen molar-refractivity contribution in [3.8, 4) is 0 Å². The molecule has 110 valence electrons. The molecule has 1 atom stereocenters. The summed E-state index contributed by atoms with van der Waals surface area (Å²) in [5.41, 5.74) is 0. The third-order valence-corrected chi connectivity index (χ3v) is 3.24. The maximum atomic E-state index is 11.3. The molecule has 1 fully saturated rings. The number of carboxylic acid groups (broad SMARTS) is 1. The number of hydrogen-bond acceptors (Lipinski definition) is 4. The molecule has 1 rings (SSSR count). The first-order valence-electron chi connectivity index (χ1n) is 7.29. The van der Waals surface area contributed by atoms with E-state index >= 15 is 0 Å². The lowest BCUT2D eigenvalue weighted by atomic mass is 10.1. The van der Waals surface area contributed by atoms with Crippen molar-refractivity contribution < 1.29 is 19.4 Å². The molecule has 0 bridgehead atoms. The van der Waals surface area contributed by atoms with Gasteiger partial charge in [-0.3, -0.25) is 9.59 Å². The summed E-state index contributed by atoms with van der Waals surface area (Å²) in [6.45, 7) is 1.59. The summed E-state index contributed by atoms with van der Waals surface area (Å²) >= 11 is 0. The summed E-state index contributed by atoms with van der Waals surface area (Å²) in [6, 6.07) is 0.568. The lowest BCUT2D eigenvalue weighted by molar-refractivity contribution is -0.144. The molecule has 0 aromatic carbocycles. The van der Waals surface area contributed by atoms with Gasteiger partial charge in [0.2, 0.25) is 0 Å². The average molecular weight is 271 g/mol. The van der Waals surface area contributed by atoms with Crippen LogP contribution in [0.3, 0.4) is 0 Å². The van der Waals surface area contributed by atoms with Crippen LogP contribution in [-0.2, 0) is 14.3 Å². The lowest BCUT2D eigenvalue weighted by Gasteiger charge is -2.04. The minimum absolute atomic E-state index is 0.0912. The zero-order chi connectivity index (χ0) is 13.9. The first-order valence-corrected chi connectivity index (χ1v) is 7.29.